The molecule has 1 amide bonds. The Morgan fingerprint density at radius 1 is 1.21 bits per heavy atom. The lowest BCUT2D eigenvalue weighted by molar-refractivity contribution is 0.0943. The SMILES string of the molecule is CSc1nc(N2CCCC2)c2cnn(CCNC(=O)c3c(F)cccc3F)c2n1. The number of nitrogens with zero attached hydrogens (tertiary/aromatic N) is 5. The van der Waals surface area contributed by atoms with Crippen molar-refractivity contribution in [1.82, 2.24) is 25.1 Å². The van der Waals surface area contributed by atoms with Crippen molar-refractivity contribution in [3.63, 3.8) is 0 Å². The fraction of sp³-hybridized carbons (Fsp3) is 0.368. The maximum Gasteiger partial charge on any atom is 0.257 e. The molecule has 3 heterocycles. The van der Waals surface area contributed by atoms with E-state index in [1.165, 1.54) is 17.8 Å². The topological polar surface area (TPSA) is 75.9 Å². The van der Waals surface area contributed by atoms with E-state index in [-0.39, 0.29) is 6.54 Å². The number of halogens is 2. The van der Waals surface area contributed by atoms with Gasteiger partial charge >= 0.3 is 0 Å². The van der Waals surface area contributed by atoms with E-state index in [1.54, 1.807) is 10.9 Å². The van der Waals surface area contributed by atoms with Gasteiger partial charge in [-0.15, -0.1) is 0 Å². The first kappa shape index (κ1) is 19.6. The van der Waals surface area contributed by atoms with Crippen LogP contribution in [0.15, 0.2) is 29.6 Å². The van der Waals surface area contributed by atoms with Gasteiger partial charge in [-0.3, -0.25) is 4.79 Å². The number of amides is 1. The van der Waals surface area contributed by atoms with Crippen LogP contribution in [0, 0.1) is 11.6 Å². The van der Waals surface area contributed by atoms with Gasteiger partial charge in [0, 0.05) is 19.6 Å². The van der Waals surface area contributed by atoms with Crippen LogP contribution in [-0.4, -0.2) is 51.5 Å². The molecule has 0 radical (unpaired) electrons. The minimum Gasteiger partial charge on any atom is -0.356 e. The third-order valence-corrected chi connectivity index (χ3v) is 5.39. The number of carbonyl (C=O) groups is 1. The van der Waals surface area contributed by atoms with E-state index in [4.69, 9.17) is 0 Å². The Morgan fingerprint density at radius 2 is 1.93 bits per heavy atom. The molecule has 1 aliphatic rings. The van der Waals surface area contributed by atoms with Gasteiger partial charge in [-0.1, -0.05) is 17.8 Å². The van der Waals surface area contributed by atoms with Crippen LogP contribution < -0.4 is 10.2 Å². The third-order valence-electron chi connectivity index (χ3n) is 4.84. The molecule has 0 spiro atoms. The highest BCUT2D eigenvalue weighted by atomic mass is 32.2. The van der Waals surface area contributed by atoms with Crippen molar-refractivity contribution in [1.29, 1.82) is 0 Å². The smallest absolute Gasteiger partial charge is 0.257 e. The second-order valence-corrected chi connectivity index (χ2v) is 7.46. The number of fused-ring (bicyclic) bond motifs is 1. The lowest BCUT2D eigenvalue weighted by Crippen LogP contribution is -2.29. The highest BCUT2D eigenvalue weighted by molar-refractivity contribution is 7.98. The Labute approximate surface area is 170 Å². The maximum absolute atomic E-state index is 13.7. The van der Waals surface area contributed by atoms with Gasteiger partial charge in [0.15, 0.2) is 10.8 Å². The number of hydrogen-bond acceptors (Lipinski definition) is 6. The van der Waals surface area contributed by atoms with Gasteiger partial charge in [0.25, 0.3) is 5.91 Å². The van der Waals surface area contributed by atoms with Gasteiger partial charge in [-0.25, -0.2) is 23.4 Å². The number of rotatable bonds is 6. The molecule has 1 saturated heterocycles. The van der Waals surface area contributed by atoms with Crippen LogP contribution in [0.1, 0.15) is 23.2 Å². The number of carbonyl (C=O) groups excluding carboxylic acids is 1. The van der Waals surface area contributed by atoms with Crippen LogP contribution in [0.5, 0.6) is 0 Å². The lowest BCUT2D eigenvalue weighted by atomic mass is 10.2. The summed E-state index contributed by atoms with van der Waals surface area (Å²) in [7, 11) is 0. The molecule has 4 rings (SSSR count). The molecule has 0 unspecified atom stereocenters. The zero-order chi connectivity index (χ0) is 20.4. The van der Waals surface area contributed by atoms with Gasteiger partial charge in [-0.05, 0) is 31.2 Å². The van der Waals surface area contributed by atoms with Crippen LogP contribution in [0.25, 0.3) is 11.0 Å². The summed E-state index contributed by atoms with van der Waals surface area (Å²) < 4.78 is 29.2. The molecule has 29 heavy (non-hydrogen) atoms. The number of aromatic nitrogens is 4. The van der Waals surface area contributed by atoms with Crippen molar-refractivity contribution in [3.8, 4) is 0 Å². The average molecular weight is 418 g/mol. The van der Waals surface area contributed by atoms with Crippen LogP contribution >= 0.6 is 11.8 Å². The summed E-state index contributed by atoms with van der Waals surface area (Å²) in [5, 5.41) is 8.44. The summed E-state index contributed by atoms with van der Waals surface area (Å²) in [6.07, 6.45) is 5.91. The molecule has 0 bridgehead atoms. The second kappa shape index (κ2) is 8.32. The molecule has 10 heteroatoms. The quantitative estimate of drug-likeness (QED) is 0.490. The summed E-state index contributed by atoms with van der Waals surface area (Å²) in [4.78, 5) is 23.6. The molecule has 0 atom stereocenters. The number of nitrogens with one attached hydrogen (secondary N) is 1. The Kier molecular flexibility index (Phi) is 5.61. The van der Waals surface area contributed by atoms with Gasteiger partial charge in [-0.2, -0.15) is 5.10 Å². The Balaban J connectivity index is 1.53. The van der Waals surface area contributed by atoms with Gasteiger partial charge in [0.2, 0.25) is 0 Å². The molecule has 3 aromatic rings. The monoisotopic (exact) mass is 418 g/mol. The molecule has 1 aromatic carbocycles. The zero-order valence-electron chi connectivity index (χ0n) is 15.9. The molecule has 1 aliphatic heterocycles. The van der Waals surface area contributed by atoms with E-state index < -0.39 is 23.1 Å². The van der Waals surface area contributed by atoms with Gasteiger partial charge in [0.05, 0.1) is 18.1 Å². The Bertz CT molecular complexity index is 1030. The van der Waals surface area contributed by atoms with E-state index in [2.05, 4.69) is 25.3 Å². The van der Waals surface area contributed by atoms with Crippen molar-refractivity contribution in [2.45, 2.75) is 24.5 Å². The predicted molar refractivity (Wildman–Crippen MR) is 107 cm³/mol. The standard InChI is InChI=1S/C19H20F2N6OS/c1-29-19-24-16(26-8-2-3-9-26)12-11-23-27(17(12)25-19)10-7-22-18(28)15-13(20)5-4-6-14(15)21/h4-6,11H,2-3,7-10H2,1H3,(H,22,28). The van der Waals surface area contributed by atoms with Crippen LogP contribution in [0.3, 0.4) is 0 Å². The highest BCUT2D eigenvalue weighted by Crippen LogP contribution is 2.28. The lowest BCUT2D eigenvalue weighted by Gasteiger charge is -2.17. The average Bonchev–Trinajstić information content (AvgIpc) is 3.37. The van der Waals surface area contributed by atoms with E-state index in [9.17, 15) is 13.6 Å². The highest BCUT2D eigenvalue weighted by Gasteiger charge is 2.21. The minimum absolute atomic E-state index is 0.154. The summed E-state index contributed by atoms with van der Waals surface area (Å²) >= 11 is 1.45. The molecule has 2 aromatic heterocycles. The van der Waals surface area contributed by atoms with Gasteiger partial charge in [0.1, 0.15) is 23.0 Å². The predicted octanol–water partition coefficient (Wildman–Crippen LogP) is 2.86. The van der Waals surface area contributed by atoms with Crippen molar-refractivity contribution < 1.29 is 13.6 Å². The molecule has 152 valence electrons. The molecule has 0 aliphatic carbocycles. The van der Waals surface area contributed by atoms with Crippen molar-refractivity contribution in [2.75, 3.05) is 30.8 Å². The fourth-order valence-corrected chi connectivity index (χ4v) is 3.78. The first-order valence-electron chi connectivity index (χ1n) is 9.33. The van der Waals surface area contributed by atoms with E-state index in [0.717, 1.165) is 49.3 Å². The van der Waals surface area contributed by atoms with Crippen molar-refractivity contribution in [2.24, 2.45) is 0 Å². The van der Waals surface area contributed by atoms with Crippen LogP contribution in [0.2, 0.25) is 0 Å². The van der Waals surface area contributed by atoms with Gasteiger partial charge < -0.3 is 10.2 Å². The molecule has 1 N–H and O–H groups in total. The number of benzene rings is 1. The van der Waals surface area contributed by atoms with E-state index in [1.807, 2.05) is 6.26 Å². The summed E-state index contributed by atoms with van der Waals surface area (Å²) in [6, 6.07) is 3.33. The van der Waals surface area contributed by atoms with Crippen molar-refractivity contribution >= 4 is 34.5 Å². The van der Waals surface area contributed by atoms with Crippen molar-refractivity contribution in [3.05, 3.63) is 41.6 Å². The Morgan fingerprint density at radius 3 is 2.62 bits per heavy atom. The molecular weight excluding hydrogens is 398 g/mol. The number of anilines is 1. The number of thioether (sulfide) groups is 1. The molecule has 1 fully saturated rings. The molecular formula is C19H20F2N6OS. The summed E-state index contributed by atoms with van der Waals surface area (Å²) in [6.45, 7) is 2.38. The first-order chi connectivity index (χ1) is 14.1. The Hall–Kier alpha value is -2.75. The number of hydrogen-bond donors (Lipinski definition) is 1. The summed E-state index contributed by atoms with van der Waals surface area (Å²) in [5.74, 6) is -1.70. The zero-order valence-corrected chi connectivity index (χ0v) is 16.7. The fourth-order valence-electron chi connectivity index (χ4n) is 3.42. The van der Waals surface area contributed by atoms with Crippen LogP contribution in [-0.2, 0) is 6.54 Å². The maximum atomic E-state index is 13.7. The van der Waals surface area contributed by atoms with E-state index in [0.29, 0.717) is 17.3 Å². The minimum atomic E-state index is -0.889. The molecule has 0 saturated carbocycles. The van der Waals surface area contributed by atoms with E-state index >= 15 is 0 Å². The summed E-state index contributed by atoms with van der Waals surface area (Å²) in [5.41, 5.74) is 0.0960. The molecule has 7 nitrogen and oxygen atoms in total. The second-order valence-electron chi connectivity index (χ2n) is 6.69. The normalized spacial score (nSPS) is 14.0. The third kappa shape index (κ3) is 3.89. The van der Waals surface area contributed by atoms with Crippen LogP contribution in [0.4, 0.5) is 14.6 Å². The first-order valence-corrected chi connectivity index (χ1v) is 10.6. The largest absolute Gasteiger partial charge is 0.356 e.